The number of rotatable bonds is 7. The molecule has 94 valence electrons. The van der Waals surface area contributed by atoms with Crippen molar-refractivity contribution in [2.45, 2.75) is 27.7 Å². The summed E-state index contributed by atoms with van der Waals surface area (Å²) in [6.45, 7) is 9.79. The molecule has 0 rings (SSSR count). The SMILES string of the molecule is CCN(CC)C(=O)CN(C)CC(=O)C(C)C. The van der Waals surface area contributed by atoms with E-state index in [1.54, 1.807) is 9.80 Å². The average molecular weight is 228 g/mol. The Morgan fingerprint density at radius 2 is 1.56 bits per heavy atom. The van der Waals surface area contributed by atoms with Gasteiger partial charge in [0.25, 0.3) is 0 Å². The van der Waals surface area contributed by atoms with Gasteiger partial charge in [0, 0.05) is 19.0 Å². The highest BCUT2D eigenvalue weighted by atomic mass is 16.2. The molecule has 0 bridgehead atoms. The molecule has 0 unspecified atom stereocenters. The van der Waals surface area contributed by atoms with Crippen molar-refractivity contribution >= 4 is 11.7 Å². The van der Waals surface area contributed by atoms with Crippen LogP contribution in [0.3, 0.4) is 0 Å². The molecule has 0 atom stereocenters. The fraction of sp³-hybridized carbons (Fsp3) is 0.833. The molecule has 0 saturated heterocycles. The minimum absolute atomic E-state index is 0.0333. The van der Waals surface area contributed by atoms with Crippen LogP contribution in [-0.2, 0) is 9.59 Å². The molecule has 0 aliphatic rings. The summed E-state index contributed by atoms with van der Waals surface area (Å²) in [7, 11) is 1.81. The summed E-state index contributed by atoms with van der Waals surface area (Å²) in [5.74, 6) is 0.296. The van der Waals surface area contributed by atoms with Crippen LogP contribution in [0.15, 0.2) is 0 Å². The first-order chi connectivity index (χ1) is 7.42. The summed E-state index contributed by atoms with van der Waals surface area (Å²) in [5.41, 5.74) is 0. The summed E-state index contributed by atoms with van der Waals surface area (Å²) < 4.78 is 0. The molecule has 0 aliphatic carbocycles. The second-order valence-electron chi connectivity index (χ2n) is 4.36. The lowest BCUT2D eigenvalue weighted by molar-refractivity contribution is -0.132. The molecule has 0 heterocycles. The monoisotopic (exact) mass is 228 g/mol. The summed E-state index contributed by atoms with van der Waals surface area (Å²) in [5, 5.41) is 0. The molecule has 0 saturated carbocycles. The third-order valence-corrected chi connectivity index (χ3v) is 2.59. The van der Waals surface area contributed by atoms with Gasteiger partial charge in [0.05, 0.1) is 13.1 Å². The molecule has 4 nitrogen and oxygen atoms in total. The first-order valence-electron chi connectivity index (χ1n) is 5.91. The van der Waals surface area contributed by atoms with Gasteiger partial charge < -0.3 is 4.90 Å². The van der Waals surface area contributed by atoms with Crippen LogP contribution in [0, 0.1) is 5.92 Å². The van der Waals surface area contributed by atoms with Crippen molar-refractivity contribution in [3.63, 3.8) is 0 Å². The lowest BCUT2D eigenvalue weighted by Crippen LogP contribution is -2.40. The van der Waals surface area contributed by atoms with Gasteiger partial charge >= 0.3 is 0 Å². The maximum absolute atomic E-state index is 11.7. The molecule has 1 amide bonds. The third-order valence-electron chi connectivity index (χ3n) is 2.59. The smallest absolute Gasteiger partial charge is 0.236 e. The topological polar surface area (TPSA) is 40.6 Å². The Balaban J connectivity index is 4.09. The highest BCUT2D eigenvalue weighted by Crippen LogP contribution is 1.98. The number of amides is 1. The van der Waals surface area contributed by atoms with E-state index < -0.39 is 0 Å². The van der Waals surface area contributed by atoms with Crippen molar-refractivity contribution < 1.29 is 9.59 Å². The molecule has 4 heteroatoms. The zero-order valence-corrected chi connectivity index (χ0v) is 11.1. The van der Waals surface area contributed by atoms with Gasteiger partial charge in [0.15, 0.2) is 0 Å². The quantitative estimate of drug-likeness (QED) is 0.653. The van der Waals surface area contributed by atoms with Crippen LogP contribution in [0.4, 0.5) is 0 Å². The van der Waals surface area contributed by atoms with Crippen LogP contribution in [0.2, 0.25) is 0 Å². The van der Waals surface area contributed by atoms with E-state index in [2.05, 4.69) is 0 Å². The zero-order chi connectivity index (χ0) is 12.7. The van der Waals surface area contributed by atoms with Gasteiger partial charge in [0.1, 0.15) is 5.78 Å². The second-order valence-corrected chi connectivity index (χ2v) is 4.36. The molecule has 0 radical (unpaired) electrons. The van der Waals surface area contributed by atoms with Gasteiger partial charge in [-0.3, -0.25) is 14.5 Å². The van der Waals surface area contributed by atoms with Gasteiger partial charge in [-0.25, -0.2) is 0 Å². The number of carbonyl (C=O) groups excluding carboxylic acids is 2. The number of carbonyl (C=O) groups is 2. The number of Topliss-reactive ketones (excluding diaryl/α,β-unsaturated/α-hetero) is 1. The Morgan fingerprint density at radius 3 is 1.94 bits per heavy atom. The molecular formula is C12H24N2O2. The van der Waals surface area contributed by atoms with Gasteiger partial charge in [0.2, 0.25) is 5.91 Å². The Morgan fingerprint density at radius 1 is 1.06 bits per heavy atom. The van der Waals surface area contributed by atoms with Gasteiger partial charge in [-0.2, -0.15) is 0 Å². The van der Waals surface area contributed by atoms with E-state index in [0.29, 0.717) is 13.1 Å². The van der Waals surface area contributed by atoms with Gasteiger partial charge in [-0.05, 0) is 20.9 Å². The minimum atomic E-state index is 0.0333. The van der Waals surface area contributed by atoms with Crippen molar-refractivity contribution in [3.8, 4) is 0 Å². The Bertz CT molecular complexity index is 235. The Hall–Kier alpha value is -0.900. The summed E-state index contributed by atoms with van der Waals surface area (Å²) in [6, 6.07) is 0. The second kappa shape index (κ2) is 7.39. The standard InChI is InChI=1S/C12H24N2O2/c1-6-14(7-2)12(16)9-13(5)8-11(15)10(3)4/h10H,6-9H2,1-5H3. The van der Waals surface area contributed by atoms with E-state index in [0.717, 1.165) is 13.1 Å². The van der Waals surface area contributed by atoms with Crippen LogP contribution < -0.4 is 0 Å². The van der Waals surface area contributed by atoms with Gasteiger partial charge in [-0.15, -0.1) is 0 Å². The molecule has 0 spiro atoms. The van der Waals surface area contributed by atoms with E-state index >= 15 is 0 Å². The maximum Gasteiger partial charge on any atom is 0.236 e. The Labute approximate surface area is 98.6 Å². The number of likely N-dealkylation sites (N-methyl/N-ethyl adjacent to an activating group) is 2. The third kappa shape index (κ3) is 5.26. The predicted octanol–water partition coefficient (Wildman–Crippen LogP) is 1.01. The highest BCUT2D eigenvalue weighted by Gasteiger charge is 2.15. The summed E-state index contributed by atoms with van der Waals surface area (Å²) in [4.78, 5) is 26.8. The van der Waals surface area contributed by atoms with E-state index in [4.69, 9.17) is 0 Å². The molecule has 0 aromatic carbocycles. The van der Waals surface area contributed by atoms with E-state index in [-0.39, 0.29) is 17.6 Å². The van der Waals surface area contributed by atoms with Crippen LogP contribution in [0.5, 0.6) is 0 Å². The highest BCUT2D eigenvalue weighted by molar-refractivity contribution is 5.83. The van der Waals surface area contributed by atoms with Gasteiger partial charge in [-0.1, -0.05) is 13.8 Å². The molecule has 0 aromatic rings. The van der Waals surface area contributed by atoms with Crippen LogP contribution in [0.25, 0.3) is 0 Å². The lowest BCUT2D eigenvalue weighted by atomic mass is 10.1. The first kappa shape index (κ1) is 15.1. The lowest BCUT2D eigenvalue weighted by Gasteiger charge is -2.23. The molecule has 0 fully saturated rings. The van der Waals surface area contributed by atoms with E-state index in [1.807, 2.05) is 34.7 Å². The normalized spacial score (nSPS) is 10.9. The number of nitrogens with zero attached hydrogens (tertiary/aromatic N) is 2. The number of hydrogen-bond donors (Lipinski definition) is 0. The molecule has 0 aliphatic heterocycles. The van der Waals surface area contributed by atoms with Crippen LogP contribution in [0.1, 0.15) is 27.7 Å². The zero-order valence-electron chi connectivity index (χ0n) is 11.1. The molecule has 0 N–H and O–H groups in total. The largest absolute Gasteiger partial charge is 0.342 e. The van der Waals surface area contributed by atoms with Crippen molar-refractivity contribution in [3.05, 3.63) is 0 Å². The maximum atomic E-state index is 11.7. The summed E-state index contributed by atoms with van der Waals surface area (Å²) >= 11 is 0. The molecular weight excluding hydrogens is 204 g/mol. The van der Waals surface area contributed by atoms with E-state index in [1.165, 1.54) is 0 Å². The fourth-order valence-corrected chi connectivity index (χ4v) is 1.41. The fourth-order valence-electron chi connectivity index (χ4n) is 1.41. The van der Waals surface area contributed by atoms with Crippen molar-refractivity contribution in [1.82, 2.24) is 9.80 Å². The van der Waals surface area contributed by atoms with Crippen molar-refractivity contribution in [2.24, 2.45) is 5.92 Å². The van der Waals surface area contributed by atoms with Crippen LogP contribution in [-0.4, -0.2) is 54.7 Å². The van der Waals surface area contributed by atoms with E-state index in [9.17, 15) is 9.59 Å². The first-order valence-corrected chi connectivity index (χ1v) is 5.91. The molecule has 16 heavy (non-hydrogen) atoms. The number of ketones is 1. The average Bonchev–Trinajstić information content (AvgIpc) is 2.18. The predicted molar refractivity (Wildman–Crippen MR) is 65.3 cm³/mol. The van der Waals surface area contributed by atoms with Crippen molar-refractivity contribution in [2.75, 3.05) is 33.2 Å². The summed E-state index contributed by atoms with van der Waals surface area (Å²) in [6.07, 6.45) is 0. The van der Waals surface area contributed by atoms with Crippen LogP contribution >= 0.6 is 0 Å². The van der Waals surface area contributed by atoms with Crippen molar-refractivity contribution in [1.29, 1.82) is 0 Å². The minimum Gasteiger partial charge on any atom is -0.342 e. The molecule has 0 aromatic heterocycles. The Kier molecular flexibility index (Phi) is 6.97. The number of hydrogen-bond acceptors (Lipinski definition) is 3.